The Labute approximate surface area is 100 Å². The molecule has 0 heterocycles. The fourth-order valence-corrected chi connectivity index (χ4v) is 3.84. The lowest BCUT2D eigenvalue weighted by Crippen LogP contribution is -2.34. The van der Waals surface area contributed by atoms with Gasteiger partial charge >= 0.3 is 0 Å². The van der Waals surface area contributed by atoms with Crippen LogP contribution in [-0.4, -0.2) is 36.8 Å². The molecule has 0 amide bonds. The molecule has 0 aromatic rings. The van der Waals surface area contributed by atoms with E-state index in [2.05, 4.69) is 11.9 Å². The monoisotopic (exact) mass is 225 g/mol. The molecular formula is C14H27NO. The summed E-state index contributed by atoms with van der Waals surface area (Å²) >= 11 is 0. The van der Waals surface area contributed by atoms with Crippen molar-refractivity contribution >= 4 is 0 Å². The van der Waals surface area contributed by atoms with Gasteiger partial charge in [0.15, 0.2) is 0 Å². The van der Waals surface area contributed by atoms with Gasteiger partial charge in [-0.2, -0.15) is 0 Å². The topological polar surface area (TPSA) is 23.5 Å². The van der Waals surface area contributed by atoms with Crippen molar-refractivity contribution in [1.29, 1.82) is 0 Å². The highest BCUT2D eigenvalue weighted by Crippen LogP contribution is 2.42. The van der Waals surface area contributed by atoms with Gasteiger partial charge in [-0.1, -0.05) is 25.7 Å². The molecule has 0 spiro atoms. The minimum atomic E-state index is 0.301. The molecule has 2 nitrogen and oxygen atoms in total. The van der Waals surface area contributed by atoms with Crippen molar-refractivity contribution in [3.05, 3.63) is 0 Å². The molecule has 94 valence electrons. The largest absolute Gasteiger partial charge is 0.395 e. The molecule has 2 aliphatic carbocycles. The van der Waals surface area contributed by atoms with Crippen LogP contribution < -0.4 is 0 Å². The van der Waals surface area contributed by atoms with E-state index in [-0.39, 0.29) is 0 Å². The van der Waals surface area contributed by atoms with Crippen molar-refractivity contribution in [2.45, 2.75) is 44.9 Å². The standard InChI is InChI=1S/C14H27NO/c1-15(8-9-16)11-12-6-7-13-4-2-3-5-14(13)10-12/h12-14,16H,2-11H2,1H3. The number of fused-ring (bicyclic) bond motifs is 1. The van der Waals surface area contributed by atoms with Crippen LogP contribution >= 0.6 is 0 Å². The Balaban J connectivity index is 1.76. The highest BCUT2D eigenvalue weighted by Gasteiger charge is 2.32. The number of likely N-dealkylation sites (N-methyl/N-ethyl adjacent to an activating group) is 1. The molecule has 2 heteroatoms. The normalized spacial score (nSPS) is 35.1. The van der Waals surface area contributed by atoms with Crippen molar-refractivity contribution in [1.82, 2.24) is 4.90 Å². The Bertz CT molecular complexity index is 207. The fourth-order valence-electron chi connectivity index (χ4n) is 3.84. The third-order valence-corrected chi connectivity index (χ3v) is 4.70. The molecule has 0 aliphatic heterocycles. The van der Waals surface area contributed by atoms with Crippen LogP contribution in [0.25, 0.3) is 0 Å². The van der Waals surface area contributed by atoms with E-state index in [1.165, 1.54) is 51.5 Å². The SMILES string of the molecule is CN(CCO)CC1CCC2CCCCC2C1. The zero-order valence-electron chi connectivity index (χ0n) is 10.7. The van der Waals surface area contributed by atoms with Gasteiger partial charge in [-0.25, -0.2) is 0 Å². The van der Waals surface area contributed by atoms with Gasteiger partial charge < -0.3 is 10.0 Å². The van der Waals surface area contributed by atoms with Gasteiger partial charge in [-0.05, 0) is 44.1 Å². The zero-order valence-corrected chi connectivity index (χ0v) is 10.7. The number of aliphatic hydroxyl groups is 1. The van der Waals surface area contributed by atoms with E-state index < -0.39 is 0 Å². The summed E-state index contributed by atoms with van der Waals surface area (Å²) < 4.78 is 0. The Morgan fingerprint density at radius 3 is 2.56 bits per heavy atom. The highest BCUT2D eigenvalue weighted by atomic mass is 16.3. The molecule has 0 aromatic heterocycles. The van der Waals surface area contributed by atoms with Crippen molar-refractivity contribution in [3.8, 4) is 0 Å². The van der Waals surface area contributed by atoms with Gasteiger partial charge in [-0.15, -0.1) is 0 Å². The Morgan fingerprint density at radius 2 is 1.81 bits per heavy atom. The zero-order chi connectivity index (χ0) is 11.4. The fraction of sp³-hybridized carbons (Fsp3) is 1.00. The summed E-state index contributed by atoms with van der Waals surface area (Å²) in [5.74, 6) is 3.00. The van der Waals surface area contributed by atoms with Crippen molar-refractivity contribution in [2.75, 3.05) is 26.7 Å². The first kappa shape index (κ1) is 12.4. The maximum absolute atomic E-state index is 8.91. The molecule has 3 atom stereocenters. The number of hydrogen-bond donors (Lipinski definition) is 1. The molecule has 0 saturated heterocycles. The summed E-state index contributed by atoms with van der Waals surface area (Å²) in [7, 11) is 2.14. The van der Waals surface area contributed by atoms with Crippen LogP contribution in [0.5, 0.6) is 0 Å². The van der Waals surface area contributed by atoms with E-state index in [9.17, 15) is 0 Å². The molecular weight excluding hydrogens is 198 g/mol. The van der Waals surface area contributed by atoms with E-state index in [0.29, 0.717) is 6.61 Å². The molecule has 0 bridgehead atoms. The molecule has 2 fully saturated rings. The predicted octanol–water partition coefficient (Wildman–Crippen LogP) is 2.52. The molecule has 2 saturated carbocycles. The van der Waals surface area contributed by atoms with E-state index in [4.69, 9.17) is 5.11 Å². The van der Waals surface area contributed by atoms with E-state index in [1.807, 2.05) is 0 Å². The lowest BCUT2D eigenvalue weighted by atomic mass is 9.67. The Kier molecular flexibility index (Phi) is 4.66. The third kappa shape index (κ3) is 3.21. The van der Waals surface area contributed by atoms with Crippen LogP contribution in [0.4, 0.5) is 0 Å². The molecule has 1 N–H and O–H groups in total. The average Bonchev–Trinajstić information content (AvgIpc) is 2.29. The summed E-state index contributed by atoms with van der Waals surface area (Å²) in [6, 6.07) is 0. The summed E-state index contributed by atoms with van der Waals surface area (Å²) in [6.07, 6.45) is 10.3. The molecule has 3 unspecified atom stereocenters. The summed E-state index contributed by atoms with van der Waals surface area (Å²) in [5.41, 5.74) is 0. The number of hydrogen-bond acceptors (Lipinski definition) is 2. The second-order valence-electron chi connectivity index (χ2n) is 5.97. The quantitative estimate of drug-likeness (QED) is 0.794. The van der Waals surface area contributed by atoms with Crippen molar-refractivity contribution < 1.29 is 5.11 Å². The minimum absolute atomic E-state index is 0.301. The number of aliphatic hydroxyl groups excluding tert-OH is 1. The predicted molar refractivity (Wildman–Crippen MR) is 67.4 cm³/mol. The molecule has 0 aromatic carbocycles. The summed E-state index contributed by atoms with van der Waals surface area (Å²) in [4.78, 5) is 2.30. The van der Waals surface area contributed by atoms with E-state index >= 15 is 0 Å². The molecule has 16 heavy (non-hydrogen) atoms. The lowest BCUT2D eigenvalue weighted by Gasteiger charge is -2.40. The molecule has 2 aliphatic rings. The van der Waals surface area contributed by atoms with Crippen molar-refractivity contribution in [3.63, 3.8) is 0 Å². The van der Waals surface area contributed by atoms with Crippen LogP contribution in [0.2, 0.25) is 0 Å². The molecule has 2 rings (SSSR count). The van der Waals surface area contributed by atoms with Gasteiger partial charge in [0.1, 0.15) is 0 Å². The van der Waals surface area contributed by atoms with E-state index in [1.54, 1.807) is 0 Å². The van der Waals surface area contributed by atoms with Crippen molar-refractivity contribution in [2.24, 2.45) is 17.8 Å². The average molecular weight is 225 g/mol. The van der Waals surface area contributed by atoms with Crippen LogP contribution in [0.1, 0.15) is 44.9 Å². The van der Waals surface area contributed by atoms with Gasteiger partial charge in [0.25, 0.3) is 0 Å². The highest BCUT2D eigenvalue weighted by molar-refractivity contribution is 4.84. The summed E-state index contributed by atoms with van der Waals surface area (Å²) in [6.45, 7) is 2.34. The molecule has 0 radical (unpaired) electrons. The first-order chi connectivity index (χ1) is 7.79. The van der Waals surface area contributed by atoms with Gasteiger partial charge in [-0.3, -0.25) is 0 Å². The van der Waals surface area contributed by atoms with Crippen LogP contribution in [0.3, 0.4) is 0 Å². The third-order valence-electron chi connectivity index (χ3n) is 4.70. The van der Waals surface area contributed by atoms with Crippen LogP contribution in [-0.2, 0) is 0 Å². The van der Waals surface area contributed by atoms with Crippen LogP contribution in [0.15, 0.2) is 0 Å². The number of nitrogens with zero attached hydrogens (tertiary/aromatic N) is 1. The Hall–Kier alpha value is -0.0800. The van der Waals surface area contributed by atoms with E-state index in [0.717, 1.165) is 24.3 Å². The lowest BCUT2D eigenvalue weighted by molar-refractivity contribution is 0.104. The maximum atomic E-state index is 8.91. The maximum Gasteiger partial charge on any atom is 0.0558 e. The smallest absolute Gasteiger partial charge is 0.0558 e. The minimum Gasteiger partial charge on any atom is -0.395 e. The van der Waals surface area contributed by atoms with Gasteiger partial charge in [0.2, 0.25) is 0 Å². The second kappa shape index (κ2) is 6.02. The first-order valence-electron chi connectivity index (χ1n) is 7.09. The number of rotatable bonds is 4. The first-order valence-corrected chi connectivity index (χ1v) is 7.09. The Morgan fingerprint density at radius 1 is 1.06 bits per heavy atom. The summed E-state index contributed by atoms with van der Waals surface area (Å²) in [5, 5.41) is 8.91. The van der Waals surface area contributed by atoms with Gasteiger partial charge in [0, 0.05) is 13.1 Å². The van der Waals surface area contributed by atoms with Crippen LogP contribution in [0, 0.1) is 17.8 Å². The van der Waals surface area contributed by atoms with Gasteiger partial charge in [0.05, 0.1) is 6.61 Å². The second-order valence-corrected chi connectivity index (χ2v) is 5.97.